The molecule has 1 saturated heterocycles. The van der Waals surface area contributed by atoms with Gasteiger partial charge in [-0.25, -0.2) is 0 Å². The van der Waals surface area contributed by atoms with Gasteiger partial charge in [0.2, 0.25) is 0 Å². The van der Waals surface area contributed by atoms with Crippen LogP contribution in [-0.2, 0) is 53.8 Å². The second-order valence-corrected chi connectivity index (χ2v) is 6.06. The minimum atomic E-state index is 0. The van der Waals surface area contributed by atoms with Gasteiger partial charge in [-0.2, -0.15) is 6.42 Å². The van der Waals surface area contributed by atoms with Crippen molar-refractivity contribution < 1.29 is 53.8 Å². The molecule has 2 N–H and O–H groups in total. The molecule has 0 spiro atoms. The molecule has 1 fully saturated rings. The van der Waals surface area contributed by atoms with Crippen LogP contribution in [0.5, 0.6) is 0 Å². The summed E-state index contributed by atoms with van der Waals surface area (Å²) >= 11 is 0. The summed E-state index contributed by atoms with van der Waals surface area (Å²) in [5.74, 6) is 2.76. The predicted octanol–water partition coefficient (Wildman–Crippen LogP) is 4.40. The van der Waals surface area contributed by atoms with Crippen molar-refractivity contribution in [1.82, 2.24) is 0 Å². The van der Waals surface area contributed by atoms with Gasteiger partial charge < -0.3 is 19.9 Å². The zero-order valence-corrected chi connectivity index (χ0v) is 19.2. The van der Waals surface area contributed by atoms with Crippen molar-refractivity contribution in [2.45, 2.75) is 33.1 Å². The van der Waals surface area contributed by atoms with Gasteiger partial charge in [0, 0.05) is 65.3 Å². The van der Waals surface area contributed by atoms with E-state index in [0.29, 0.717) is 8.73 Å². The summed E-state index contributed by atoms with van der Waals surface area (Å²) in [4.78, 5) is 0. The quantitative estimate of drug-likeness (QED) is 0.327. The largest absolute Gasteiger partial charge is 0.358 e. The Morgan fingerprint density at radius 1 is 1.25 bits per heavy atom. The molecular formula is C10H26NPS2WY-2. The first-order valence-electron chi connectivity index (χ1n) is 4.80. The van der Waals surface area contributed by atoms with E-state index in [4.69, 9.17) is 5.50 Å². The van der Waals surface area contributed by atoms with Crippen LogP contribution in [0, 0.1) is 14.4 Å². The minimum absolute atomic E-state index is 0. The summed E-state index contributed by atoms with van der Waals surface area (Å²) in [7, 11) is 4.64. The number of rotatable bonds is 2. The van der Waals surface area contributed by atoms with Crippen molar-refractivity contribution in [3.8, 4) is 0 Å². The van der Waals surface area contributed by atoms with Crippen molar-refractivity contribution in [3.63, 3.8) is 0 Å². The van der Waals surface area contributed by atoms with E-state index in [-0.39, 0.29) is 61.2 Å². The molecule has 1 aliphatic heterocycles. The van der Waals surface area contributed by atoms with Gasteiger partial charge in [0.15, 0.2) is 0 Å². The van der Waals surface area contributed by atoms with Crippen LogP contribution in [0.4, 0.5) is 0 Å². The third-order valence-corrected chi connectivity index (χ3v) is 4.30. The number of hydrogen-bond acceptors (Lipinski definition) is 3. The Hall–Kier alpha value is 2.88. The van der Waals surface area contributed by atoms with Crippen LogP contribution in [0.1, 0.15) is 33.1 Å². The zero-order valence-electron chi connectivity index (χ0n) is 10.8. The van der Waals surface area contributed by atoms with Crippen molar-refractivity contribution in [3.05, 3.63) is 14.4 Å². The number of nitrogens with two attached hydrogens (primary N) is 1. The van der Waals surface area contributed by atoms with Crippen LogP contribution in [-0.4, -0.2) is 17.7 Å². The topological polar surface area (TPSA) is 26.0 Å². The Bertz CT molecular complexity index is 72.2. The molecule has 1 atom stereocenters. The van der Waals surface area contributed by atoms with Gasteiger partial charge in [0.05, 0.1) is 0 Å². The average Bonchev–Trinajstić information content (AvgIpc) is 2.64. The molecule has 1 radical (unpaired) electrons. The molecule has 1 unspecified atom stereocenters. The summed E-state index contributed by atoms with van der Waals surface area (Å²) in [6, 6.07) is 0. The molecule has 0 aromatic rings. The van der Waals surface area contributed by atoms with E-state index in [0.717, 1.165) is 6.42 Å². The van der Waals surface area contributed by atoms with Crippen LogP contribution in [0.2, 0.25) is 0 Å². The maximum Gasteiger partial charge on any atom is 0.00450 e. The Balaban J connectivity index is -0.0000000356. The molecule has 6 heteroatoms. The van der Waals surface area contributed by atoms with Crippen LogP contribution < -0.4 is 5.50 Å². The second-order valence-electron chi connectivity index (χ2n) is 2.45. The molecule has 0 amide bonds. The molecule has 1 rings (SSSR count). The van der Waals surface area contributed by atoms with Crippen molar-refractivity contribution in [2.75, 3.05) is 17.7 Å². The van der Waals surface area contributed by atoms with Crippen molar-refractivity contribution in [2.24, 2.45) is 5.50 Å². The van der Waals surface area contributed by atoms with Gasteiger partial charge in [0.25, 0.3) is 0 Å². The molecule has 0 aromatic heterocycles. The Labute approximate surface area is 153 Å². The molecule has 1 heterocycles. The Kier molecular flexibility index (Phi) is 70.7. The molecule has 0 bridgehead atoms. The van der Waals surface area contributed by atoms with Gasteiger partial charge >= 0.3 is 0 Å². The summed E-state index contributed by atoms with van der Waals surface area (Å²) in [5.41, 5.74) is 5.17. The Morgan fingerprint density at radius 3 is 1.69 bits per heavy atom. The molecule has 99 valence electrons. The summed E-state index contributed by atoms with van der Waals surface area (Å²) < 4.78 is 0. The molecular weight excluding hydrogens is 502 g/mol. The Morgan fingerprint density at radius 2 is 1.62 bits per heavy atom. The molecule has 1 aliphatic rings. The van der Waals surface area contributed by atoms with E-state index in [2.05, 4.69) is 13.8 Å². The van der Waals surface area contributed by atoms with Crippen molar-refractivity contribution in [1.29, 1.82) is 0 Å². The summed E-state index contributed by atoms with van der Waals surface area (Å²) in [5, 5.41) is 0. The van der Waals surface area contributed by atoms with Gasteiger partial charge in [-0.15, -0.1) is 0 Å². The van der Waals surface area contributed by atoms with Crippen LogP contribution in [0.15, 0.2) is 0 Å². The van der Waals surface area contributed by atoms with E-state index in [1.54, 1.807) is 0 Å². The third-order valence-electron chi connectivity index (χ3n) is 0.933. The third kappa shape index (κ3) is 43.6. The summed E-state index contributed by atoms with van der Waals surface area (Å²) in [6.07, 6.45) is 4.85. The van der Waals surface area contributed by atoms with E-state index in [1.165, 1.54) is 30.5 Å². The first kappa shape index (κ1) is 31.3. The van der Waals surface area contributed by atoms with E-state index in [1.807, 2.05) is 28.5 Å². The van der Waals surface area contributed by atoms with Gasteiger partial charge in [-0.05, 0) is 12.6 Å². The standard InChI is InChI=1S/C3H10NP.C3H6S2.C3H7.CH3.W.Y/c1-2-3-5-4;1-2-4-5-3-1;1-3-2;;;/h5H,2-4H2,1H3;1-3H2;1,3H2,2H3;1H3;;/q;;2*-1;;. The minimum Gasteiger partial charge on any atom is -0.358 e. The molecule has 1 nitrogen and oxygen atoms in total. The fraction of sp³-hybridized carbons (Fsp3) is 0.800. The van der Waals surface area contributed by atoms with Gasteiger partial charge in [-0.3, -0.25) is 0 Å². The fourth-order valence-corrected chi connectivity index (χ4v) is 3.08. The predicted molar refractivity (Wildman–Crippen MR) is 79.3 cm³/mol. The zero-order chi connectivity index (χ0) is 10.4. The normalized spacial score (nSPS) is 12.0. The smallest absolute Gasteiger partial charge is 0.00450 e. The first-order valence-corrected chi connectivity index (χ1v) is 8.57. The van der Waals surface area contributed by atoms with Crippen LogP contribution >= 0.6 is 30.3 Å². The monoisotopic (exact) mass is 528 g/mol. The summed E-state index contributed by atoms with van der Waals surface area (Å²) in [6.45, 7) is 7.64. The van der Waals surface area contributed by atoms with Gasteiger partial charge in [-0.1, -0.05) is 50.6 Å². The van der Waals surface area contributed by atoms with Crippen molar-refractivity contribution >= 4 is 30.3 Å². The first-order chi connectivity index (χ1) is 6.33. The SMILES string of the molecule is C1CSSC1.CCCPN.[CH2-]CC.[CH3-].[W].[Y]. The van der Waals surface area contributed by atoms with Crippen LogP contribution in [0.3, 0.4) is 0 Å². The molecule has 0 saturated carbocycles. The maximum absolute atomic E-state index is 5.17. The fourth-order valence-electron chi connectivity index (χ4n) is 0.439. The van der Waals surface area contributed by atoms with E-state index >= 15 is 0 Å². The molecule has 16 heavy (non-hydrogen) atoms. The van der Waals surface area contributed by atoms with E-state index < -0.39 is 0 Å². The van der Waals surface area contributed by atoms with Gasteiger partial charge in [0.1, 0.15) is 0 Å². The molecule has 0 aliphatic carbocycles. The maximum atomic E-state index is 5.17. The second kappa shape index (κ2) is 36.1. The average molecular weight is 528 g/mol. The molecule has 0 aromatic carbocycles. The number of hydrogen-bond donors (Lipinski definition) is 1. The van der Waals surface area contributed by atoms with Crippen LogP contribution in [0.25, 0.3) is 0 Å². The van der Waals surface area contributed by atoms with E-state index in [9.17, 15) is 0 Å².